The zero-order chi connectivity index (χ0) is 22.0. The van der Waals surface area contributed by atoms with Gasteiger partial charge < -0.3 is 4.42 Å². The molecule has 4 aromatic rings. The van der Waals surface area contributed by atoms with E-state index in [0.717, 1.165) is 4.57 Å². The van der Waals surface area contributed by atoms with E-state index in [1.165, 1.54) is 42.9 Å². The van der Waals surface area contributed by atoms with Crippen LogP contribution < -0.4 is 21.7 Å². The van der Waals surface area contributed by atoms with Gasteiger partial charge in [0.25, 0.3) is 15.6 Å². The summed E-state index contributed by atoms with van der Waals surface area (Å²) in [6.07, 6.45) is 0. The molecule has 0 fully saturated rings. The van der Waals surface area contributed by atoms with Gasteiger partial charge >= 0.3 is 11.4 Å². The van der Waals surface area contributed by atoms with E-state index >= 15 is 0 Å². The molecule has 0 amide bonds. The molecule has 0 aliphatic carbocycles. The molecule has 10 nitrogen and oxygen atoms in total. The summed E-state index contributed by atoms with van der Waals surface area (Å²) in [5.41, 5.74) is -0.570. The van der Waals surface area contributed by atoms with Crippen LogP contribution in [-0.2, 0) is 24.1 Å². The molecule has 0 unspecified atom stereocenters. The predicted molar refractivity (Wildman–Crippen MR) is 115 cm³/mol. The zero-order valence-electron chi connectivity index (χ0n) is 15.3. The zero-order valence-corrected chi connectivity index (χ0v) is 18.5. The Labute approximate surface area is 180 Å². The van der Waals surface area contributed by atoms with E-state index in [1.54, 1.807) is 0 Å². The summed E-state index contributed by atoms with van der Waals surface area (Å²) in [6.45, 7) is 0. The third-order valence-electron chi connectivity index (χ3n) is 4.55. The molecule has 2 heterocycles. The number of halogens is 2. The van der Waals surface area contributed by atoms with Gasteiger partial charge in [0, 0.05) is 18.6 Å². The van der Waals surface area contributed by atoms with Crippen LogP contribution in [0.3, 0.4) is 0 Å². The van der Waals surface area contributed by atoms with Gasteiger partial charge in [-0.2, -0.15) is 0 Å². The summed E-state index contributed by atoms with van der Waals surface area (Å²) in [7, 11) is -1.42. The standard InChI is InChI=1S/C17H12BrClN4O6S/c1-22-11-5-7(3-4-8(11)15(24)23(2)17(22)26)21-30(27,28)14-9(18)6-10-13(12(14)19)29-16(25)20-10/h3-6,21H,1-2H3,(H,20,25). The predicted octanol–water partition coefficient (Wildman–Crippen LogP) is 1.89. The second-order valence-electron chi connectivity index (χ2n) is 6.44. The molecule has 2 aromatic heterocycles. The molecule has 0 radical (unpaired) electrons. The van der Waals surface area contributed by atoms with E-state index in [-0.39, 0.29) is 42.1 Å². The number of anilines is 1. The van der Waals surface area contributed by atoms with Crippen molar-refractivity contribution in [2.24, 2.45) is 14.1 Å². The fourth-order valence-electron chi connectivity index (χ4n) is 3.11. The summed E-state index contributed by atoms with van der Waals surface area (Å²) in [6, 6.07) is 5.53. The van der Waals surface area contributed by atoms with Crippen molar-refractivity contribution in [1.82, 2.24) is 14.1 Å². The first-order valence-corrected chi connectivity index (χ1v) is 10.9. The number of aromatic amines is 1. The lowest BCUT2D eigenvalue weighted by Gasteiger charge is -2.13. The van der Waals surface area contributed by atoms with E-state index < -0.39 is 27.0 Å². The monoisotopic (exact) mass is 514 g/mol. The molecule has 0 aliphatic heterocycles. The topological polar surface area (TPSA) is 136 Å². The molecule has 30 heavy (non-hydrogen) atoms. The van der Waals surface area contributed by atoms with Crippen molar-refractivity contribution in [2.75, 3.05) is 4.72 Å². The lowest BCUT2D eigenvalue weighted by atomic mass is 10.2. The number of benzene rings is 2. The summed E-state index contributed by atoms with van der Waals surface area (Å²) >= 11 is 9.35. The van der Waals surface area contributed by atoms with Crippen LogP contribution in [0, 0.1) is 0 Å². The molecule has 4 rings (SSSR count). The van der Waals surface area contributed by atoms with Gasteiger partial charge in [-0.25, -0.2) is 18.0 Å². The second-order valence-corrected chi connectivity index (χ2v) is 9.29. The number of hydrogen-bond donors (Lipinski definition) is 2. The van der Waals surface area contributed by atoms with Gasteiger partial charge in [0.1, 0.15) is 9.92 Å². The molecule has 0 saturated carbocycles. The largest absolute Gasteiger partial charge is 0.417 e. The maximum Gasteiger partial charge on any atom is 0.417 e. The SMILES string of the molecule is Cn1c(=O)c2ccc(NS(=O)(=O)c3c(Br)cc4[nH]c(=O)oc4c3Cl)cc2n(C)c1=O. The van der Waals surface area contributed by atoms with Crippen LogP contribution >= 0.6 is 27.5 Å². The Morgan fingerprint density at radius 1 is 1.13 bits per heavy atom. The molecule has 2 aromatic carbocycles. The average Bonchev–Trinajstić information content (AvgIpc) is 3.04. The Balaban J connectivity index is 1.88. The molecule has 0 bridgehead atoms. The van der Waals surface area contributed by atoms with Crippen molar-refractivity contribution in [1.29, 1.82) is 0 Å². The molecule has 0 spiro atoms. The first-order chi connectivity index (χ1) is 14.0. The first-order valence-electron chi connectivity index (χ1n) is 8.24. The Morgan fingerprint density at radius 3 is 2.53 bits per heavy atom. The van der Waals surface area contributed by atoms with Gasteiger partial charge in [-0.15, -0.1) is 0 Å². The van der Waals surface area contributed by atoms with Gasteiger partial charge in [0.2, 0.25) is 0 Å². The normalized spacial score (nSPS) is 12.0. The van der Waals surface area contributed by atoms with E-state index in [0.29, 0.717) is 0 Å². The summed E-state index contributed by atoms with van der Waals surface area (Å²) in [4.78, 5) is 37.9. The minimum atomic E-state index is -4.24. The van der Waals surface area contributed by atoms with Crippen LogP contribution in [0.2, 0.25) is 5.02 Å². The number of sulfonamides is 1. The molecular weight excluding hydrogens is 504 g/mol. The average molecular weight is 516 g/mol. The van der Waals surface area contributed by atoms with Crippen molar-refractivity contribution in [3.8, 4) is 0 Å². The number of hydrogen-bond acceptors (Lipinski definition) is 6. The van der Waals surface area contributed by atoms with Crippen LogP contribution in [-0.4, -0.2) is 22.5 Å². The van der Waals surface area contributed by atoms with Gasteiger partial charge in [0.15, 0.2) is 5.58 Å². The molecular formula is C17H12BrClN4O6S. The highest BCUT2D eigenvalue weighted by atomic mass is 79.9. The molecule has 0 aliphatic rings. The summed E-state index contributed by atoms with van der Waals surface area (Å²) < 4.78 is 35.6. The van der Waals surface area contributed by atoms with E-state index in [2.05, 4.69) is 25.6 Å². The van der Waals surface area contributed by atoms with Gasteiger partial charge in [-0.3, -0.25) is 23.6 Å². The third-order valence-corrected chi connectivity index (χ3v) is 7.38. The van der Waals surface area contributed by atoms with Crippen LogP contribution in [0.1, 0.15) is 0 Å². The lowest BCUT2D eigenvalue weighted by molar-refractivity contribution is 0.554. The van der Waals surface area contributed by atoms with Crippen LogP contribution in [0.25, 0.3) is 22.0 Å². The molecule has 0 atom stereocenters. The fraction of sp³-hybridized carbons (Fsp3) is 0.118. The van der Waals surface area contributed by atoms with Crippen molar-refractivity contribution in [3.63, 3.8) is 0 Å². The fourth-order valence-corrected chi connectivity index (χ4v) is 6.02. The molecule has 13 heteroatoms. The van der Waals surface area contributed by atoms with Crippen molar-refractivity contribution < 1.29 is 12.8 Å². The highest BCUT2D eigenvalue weighted by Gasteiger charge is 2.26. The van der Waals surface area contributed by atoms with Gasteiger partial charge in [-0.1, -0.05) is 11.6 Å². The number of rotatable bonds is 3. The number of aromatic nitrogens is 3. The number of aryl methyl sites for hydroxylation is 1. The Bertz CT molecular complexity index is 1650. The van der Waals surface area contributed by atoms with E-state index in [1.807, 2.05) is 0 Å². The number of oxazole rings is 1. The first kappa shape index (κ1) is 20.4. The van der Waals surface area contributed by atoms with E-state index in [4.69, 9.17) is 16.0 Å². The van der Waals surface area contributed by atoms with Crippen LogP contribution in [0.15, 0.2) is 52.4 Å². The maximum atomic E-state index is 13.0. The Hall–Kier alpha value is -2.83. The highest BCUT2D eigenvalue weighted by Crippen LogP contribution is 2.36. The minimum Gasteiger partial charge on any atom is -0.406 e. The quantitative estimate of drug-likeness (QED) is 0.428. The maximum absolute atomic E-state index is 13.0. The summed E-state index contributed by atoms with van der Waals surface area (Å²) in [5, 5.41) is -0.0374. The highest BCUT2D eigenvalue weighted by molar-refractivity contribution is 9.10. The lowest BCUT2D eigenvalue weighted by Crippen LogP contribution is -2.36. The van der Waals surface area contributed by atoms with Crippen LogP contribution in [0.5, 0.6) is 0 Å². The molecule has 0 saturated heterocycles. The number of fused-ring (bicyclic) bond motifs is 2. The van der Waals surface area contributed by atoms with Crippen molar-refractivity contribution >= 4 is 65.2 Å². The number of H-pyrrole nitrogens is 1. The van der Waals surface area contributed by atoms with Crippen molar-refractivity contribution in [3.05, 3.63) is 65.1 Å². The number of nitrogens with zero attached hydrogens (tertiary/aromatic N) is 2. The third kappa shape index (κ3) is 3.07. The van der Waals surface area contributed by atoms with Gasteiger partial charge in [0.05, 0.1) is 22.1 Å². The molecule has 156 valence electrons. The number of nitrogens with one attached hydrogen (secondary N) is 2. The minimum absolute atomic E-state index is 0.101. The summed E-state index contributed by atoms with van der Waals surface area (Å²) in [5.74, 6) is -0.779. The smallest absolute Gasteiger partial charge is 0.406 e. The Kier molecular flexibility index (Phi) is 4.67. The van der Waals surface area contributed by atoms with E-state index in [9.17, 15) is 22.8 Å². The molecule has 2 N–H and O–H groups in total. The van der Waals surface area contributed by atoms with Gasteiger partial charge in [-0.05, 0) is 40.2 Å². The Morgan fingerprint density at radius 2 is 1.83 bits per heavy atom. The van der Waals surface area contributed by atoms with Crippen LogP contribution in [0.4, 0.5) is 5.69 Å². The second kappa shape index (κ2) is 6.86. The van der Waals surface area contributed by atoms with Crippen molar-refractivity contribution in [2.45, 2.75) is 4.90 Å².